The highest BCUT2D eigenvalue weighted by Crippen LogP contribution is 2.29. The van der Waals surface area contributed by atoms with Crippen LogP contribution in [0.5, 0.6) is 5.75 Å². The molecule has 2 aromatic carbocycles. The maximum Gasteiger partial charge on any atom is 0.209 e. The molecule has 1 aliphatic heterocycles. The smallest absolute Gasteiger partial charge is 0.209 e. The fourth-order valence-corrected chi connectivity index (χ4v) is 3.72. The van der Waals surface area contributed by atoms with Crippen LogP contribution in [-0.2, 0) is 0 Å². The number of para-hydroxylation sites is 1. The summed E-state index contributed by atoms with van der Waals surface area (Å²) in [5, 5.41) is 9.03. The van der Waals surface area contributed by atoms with E-state index < -0.39 is 0 Å². The molecule has 2 aromatic heterocycles. The van der Waals surface area contributed by atoms with Crippen molar-refractivity contribution in [2.75, 3.05) is 25.1 Å². The van der Waals surface area contributed by atoms with Gasteiger partial charge in [-0.1, -0.05) is 30.4 Å². The third-order valence-corrected chi connectivity index (χ3v) is 5.29. The molecule has 31 heavy (non-hydrogen) atoms. The molecule has 0 N–H and O–H groups in total. The molecule has 0 atom stereocenters. The van der Waals surface area contributed by atoms with E-state index in [1.54, 1.807) is 34.9 Å². The molecule has 7 heteroatoms. The second kappa shape index (κ2) is 7.95. The number of aromatic nitrogens is 4. The lowest BCUT2D eigenvalue weighted by Gasteiger charge is -2.20. The third kappa shape index (κ3) is 3.50. The zero-order valence-corrected chi connectivity index (χ0v) is 17.0. The molecule has 0 saturated heterocycles. The van der Waals surface area contributed by atoms with Crippen LogP contribution in [0.1, 0.15) is 0 Å². The van der Waals surface area contributed by atoms with Crippen molar-refractivity contribution in [2.45, 2.75) is 0 Å². The first-order valence-electron chi connectivity index (χ1n) is 10.0. The Hall–Kier alpha value is -4.13. The minimum absolute atomic E-state index is 0.173. The molecule has 3 heterocycles. The molecule has 0 amide bonds. The van der Waals surface area contributed by atoms with Crippen LogP contribution in [0, 0.1) is 0 Å². The third-order valence-electron chi connectivity index (χ3n) is 5.29. The first kappa shape index (κ1) is 18.9. The van der Waals surface area contributed by atoms with E-state index in [9.17, 15) is 4.79 Å². The van der Waals surface area contributed by atoms with Gasteiger partial charge in [0.2, 0.25) is 5.43 Å². The zero-order chi connectivity index (χ0) is 21.2. The lowest BCUT2D eigenvalue weighted by atomic mass is 10.2. The standard InChI is InChI=1S/C24H21N5O2/c1-31-23-17-19(27-14-5-6-15-27)9-10-20(23)28-16-12-22(30)24(26-28)21-11-13-25-29(21)18-7-3-2-4-8-18/h2-13,16-17H,14-15H2,1H3. The number of rotatable bonds is 5. The fraction of sp³-hybridized carbons (Fsp3) is 0.125. The molecular formula is C24H21N5O2. The van der Waals surface area contributed by atoms with Crippen molar-refractivity contribution < 1.29 is 4.74 Å². The van der Waals surface area contributed by atoms with Gasteiger partial charge in [-0.3, -0.25) is 4.79 Å². The monoisotopic (exact) mass is 411 g/mol. The van der Waals surface area contributed by atoms with E-state index in [1.807, 2.05) is 48.5 Å². The predicted octanol–water partition coefficient (Wildman–Crippen LogP) is 3.47. The Labute approximate surface area is 179 Å². The number of anilines is 1. The van der Waals surface area contributed by atoms with Crippen LogP contribution in [0.25, 0.3) is 22.8 Å². The number of nitrogens with zero attached hydrogens (tertiary/aromatic N) is 5. The van der Waals surface area contributed by atoms with Crippen LogP contribution in [-0.4, -0.2) is 39.8 Å². The van der Waals surface area contributed by atoms with Crippen molar-refractivity contribution in [1.82, 2.24) is 19.6 Å². The van der Waals surface area contributed by atoms with Gasteiger partial charge in [-0.2, -0.15) is 10.2 Å². The van der Waals surface area contributed by atoms with E-state index in [1.165, 1.54) is 6.07 Å². The second-order valence-corrected chi connectivity index (χ2v) is 7.17. The van der Waals surface area contributed by atoms with Gasteiger partial charge in [0.1, 0.15) is 11.4 Å². The molecule has 0 fully saturated rings. The Morgan fingerprint density at radius 3 is 2.52 bits per heavy atom. The quantitative estimate of drug-likeness (QED) is 0.471. The summed E-state index contributed by atoms with van der Waals surface area (Å²) < 4.78 is 9.04. The first-order valence-corrected chi connectivity index (χ1v) is 10.0. The number of benzene rings is 2. The highest BCUT2D eigenvalue weighted by molar-refractivity contribution is 5.61. The Balaban J connectivity index is 1.58. The summed E-state index contributed by atoms with van der Waals surface area (Å²) in [5.74, 6) is 0.683. The summed E-state index contributed by atoms with van der Waals surface area (Å²) in [6.45, 7) is 1.76. The van der Waals surface area contributed by atoms with Gasteiger partial charge in [-0.25, -0.2) is 9.36 Å². The number of hydrogen-bond acceptors (Lipinski definition) is 5. The summed E-state index contributed by atoms with van der Waals surface area (Å²) in [6.07, 6.45) is 7.61. The van der Waals surface area contributed by atoms with Crippen LogP contribution in [0.15, 0.2) is 90.0 Å². The lowest BCUT2D eigenvalue weighted by molar-refractivity contribution is 0.411. The average molecular weight is 411 g/mol. The van der Waals surface area contributed by atoms with Crippen molar-refractivity contribution in [1.29, 1.82) is 0 Å². The van der Waals surface area contributed by atoms with Crippen molar-refractivity contribution in [3.8, 4) is 28.5 Å². The van der Waals surface area contributed by atoms with Crippen LogP contribution in [0.2, 0.25) is 0 Å². The summed E-state index contributed by atoms with van der Waals surface area (Å²) >= 11 is 0. The molecule has 0 saturated carbocycles. The van der Waals surface area contributed by atoms with Crippen LogP contribution < -0.4 is 15.1 Å². The topological polar surface area (TPSA) is 65.2 Å². The van der Waals surface area contributed by atoms with Crippen molar-refractivity contribution in [3.05, 3.63) is 95.4 Å². The van der Waals surface area contributed by atoms with E-state index in [0.717, 1.165) is 30.2 Å². The Morgan fingerprint density at radius 1 is 0.935 bits per heavy atom. The predicted molar refractivity (Wildman–Crippen MR) is 120 cm³/mol. The van der Waals surface area contributed by atoms with Gasteiger partial charge in [0.15, 0.2) is 5.69 Å². The minimum atomic E-state index is -0.173. The maximum absolute atomic E-state index is 12.7. The Morgan fingerprint density at radius 2 is 1.74 bits per heavy atom. The van der Waals surface area contributed by atoms with Crippen LogP contribution >= 0.6 is 0 Å². The summed E-state index contributed by atoms with van der Waals surface area (Å²) in [4.78, 5) is 15.0. The molecule has 1 aliphatic rings. The summed E-state index contributed by atoms with van der Waals surface area (Å²) in [6, 6.07) is 19.0. The Kier molecular flexibility index (Phi) is 4.84. The molecule has 154 valence electrons. The van der Waals surface area contributed by atoms with Crippen molar-refractivity contribution >= 4 is 5.69 Å². The second-order valence-electron chi connectivity index (χ2n) is 7.17. The zero-order valence-electron chi connectivity index (χ0n) is 17.0. The average Bonchev–Trinajstić information content (AvgIpc) is 3.52. The molecule has 5 rings (SSSR count). The molecule has 0 unspecified atom stereocenters. The van der Waals surface area contributed by atoms with E-state index >= 15 is 0 Å². The molecule has 0 radical (unpaired) electrons. The van der Waals surface area contributed by atoms with Gasteiger partial charge in [0.05, 0.1) is 24.7 Å². The largest absolute Gasteiger partial charge is 0.494 e. The number of ether oxygens (including phenoxy) is 1. The van der Waals surface area contributed by atoms with Gasteiger partial charge >= 0.3 is 0 Å². The van der Waals surface area contributed by atoms with E-state index in [0.29, 0.717) is 17.1 Å². The molecular weight excluding hydrogens is 390 g/mol. The number of hydrogen-bond donors (Lipinski definition) is 0. The van der Waals surface area contributed by atoms with E-state index in [2.05, 4.69) is 27.2 Å². The first-order chi connectivity index (χ1) is 15.2. The van der Waals surface area contributed by atoms with Crippen molar-refractivity contribution in [3.63, 3.8) is 0 Å². The summed E-state index contributed by atoms with van der Waals surface area (Å²) in [5.41, 5.74) is 3.47. The highest BCUT2D eigenvalue weighted by atomic mass is 16.5. The lowest BCUT2D eigenvalue weighted by Crippen LogP contribution is -2.19. The van der Waals surface area contributed by atoms with Crippen molar-refractivity contribution in [2.24, 2.45) is 0 Å². The van der Waals surface area contributed by atoms with Gasteiger partial charge in [0, 0.05) is 37.1 Å². The summed E-state index contributed by atoms with van der Waals surface area (Å²) in [7, 11) is 1.64. The maximum atomic E-state index is 12.7. The van der Waals surface area contributed by atoms with Crippen LogP contribution in [0.4, 0.5) is 5.69 Å². The molecule has 0 spiro atoms. The van der Waals surface area contributed by atoms with Crippen LogP contribution in [0.3, 0.4) is 0 Å². The Bertz CT molecular complexity index is 1300. The van der Waals surface area contributed by atoms with Gasteiger partial charge in [-0.05, 0) is 30.3 Å². The fourth-order valence-electron chi connectivity index (χ4n) is 3.72. The van der Waals surface area contributed by atoms with Gasteiger partial charge in [-0.15, -0.1) is 0 Å². The number of methoxy groups -OCH3 is 1. The normalized spacial score (nSPS) is 13.0. The van der Waals surface area contributed by atoms with E-state index in [4.69, 9.17) is 4.74 Å². The van der Waals surface area contributed by atoms with E-state index in [-0.39, 0.29) is 5.43 Å². The van der Waals surface area contributed by atoms with Gasteiger partial charge in [0.25, 0.3) is 0 Å². The SMILES string of the molecule is COc1cc(N2CC=CC2)ccc1-n1ccc(=O)c(-c2ccnn2-c2ccccc2)n1. The molecule has 0 bridgehead atoms. The molecule has 7 nitrogen and oxygen atoms in total. The minimum Gasteiger partial charge on any atom is -0.494 e. The van der Waals surface area contributed by atoms with Gasteiger partial charge < -0.3 is 9.64 Å². The molecule has 0 aliphatic carbocycles. The molecule has 4 aromatic rings. The highest BCUT2D eigenvalue weighted by Gasteiger charge is 2.16.